The molecule has 0 saturated heterocycles. The molecule has 0 aliphatic carbocycles. The van der Waals surface area contributed by atoms with Crippen LogP contribution in [-0.4, -0.2) is 182 Å². The largest absolute Gasteiger partial charge is 0.481 e. The first-order valence-corrected chi connectivity index (χ1v) is 23.8. The van der Waals surface area contributed by atoms with Crippen molar-refractivity contribution in [3.05, 3.63) is 18.2 Å². The van der Waals surface area contributed by atoms with Crippen molar-refractivity contribution in [2.24, 2.45) is 23.1 Å². The van der Waals surface area contributed by atoms with Crippen LogP contribution in [0.1, 0.15) is 70.9 Å². The van der Waals surface area contributed by atoms with Crippen molar-refractivity contribution >= 4 is 102 Å². The van der Waals surface area contributed by atoms with Crippen LogP contribution in [0.3, 0.4) is 0 Å². The van der Waals surface area contributed by atoms with E-state index in [1.54, 1.807) is 13.8 Å². The zero-order chi connectivity index (χ0) is 55.4. The van der Waals surface area contributed by atoms with E-state index >= 15 is 0 Å². The van der Waals surface area contributed by atoms with Gasteiger partial charge in [0.2, 0.25) is 59.1 Å². The number of H-pyrrole nitrogens is 1. The van der Waals surface area contributed by atoms with Gasteiger partial charge >= 0.3 is 17.9 Å². The summed E-state index contributed by atoms with van der Waals surface area (Å²) in [6.45, 7) is 2.26. The molecule has 0 spiro atoms. The summed E-state index contributed by atoms with van der Waals surface area (Å²) in [5.74, 6) is -15.9. The normalized spacial score (nSPS) is 14.2. The van der Waals surface area contributed by atoms with Crippen molar-refractivity contribution in [2.75, 3.05) is 31.1 Å². The molecule has 0 fully saturated rings. The molecule has 30 nitrogen and oxygen atoms in total. The SMILES string of the molecule is CC(C)C[C@H](NC(=O)[C@H](CC(N)=O)NC(=O)[C@H](CCC(=O)O)NC(=O)[C@H](CC(=O)O)NC(=O)CNC(=O)[C@H](CS)NC(=O)[C@H](CS)NC(=O)CN)C(=O)N[C@@H](Cc1cnc[nH]1)C(=O)N[C@@H](CCCCN)C(=O)O. The van der Waals surface area contributed by atoms with Crippen molar-refractivity contribution in [2.45, 2.75) is 120 Å². The summed E-state index contributed by atoms with van der Waals surface area (Å²) in [6.07, 6.45) is -0.403. The number of nitrogens with zero attached hydrogens (tertiary/aromatic N) is 1. The van der Waals surface area contributed by atoms with Crippen LogP contribution in [0, 0.1) is 5.92 Å². The van der Waals surface area contributed by atoms with E-state index in [1.807, 2.05) is 0 Å². The highest BCUT2D eigenvalue weighted by Gasteiger charge is 2.35. The Morgan fingerprint density at radius 3 is 1.60 bits per heavy atom. The molecule has 0 unspecified atom stereocenters. The van der Waals surface area contributed by atoms with Crippen molar-refractivity contribution in [1.29, 1.82) is 0 Å². The van der Waals surface area contributed by atoms with Crippen molar-refractivity contribution in [3.63, 3.8) is 0 Å². The standard InChI is InChI=1S/C41H66N14O16S2/c1-19(2)9-23(36(65)53-24(10-20-14-45-18-47-20)37(66)51-22(41(70)71)5-3-4-8-42)52-38(67)25(11-29(44)56)54-35(64)21(6-7-32(59)60)50-39(68)26(12-33(61)62)48-31(58)15-46-34(63)27(16-72)55-40(69)28(17-73)49-30(57)13-43/h14,18-19,21-28,72-73H,3-13,15-17,42-43H2,1-2H3,(H2,44,56)(H,45,47)(H,46,63)(H,48,58)(H,49,57)(H,50,68)(H,51,66)(H,52,67)(H,53,65)(H,54,64)(H,55,69)(H,59,60)(H,61,62)(H,70,71)/t21-,22-,23-,24-,25-,26-,27-,28-/m0/s1. The number of nitrogens with two attached hydrogens (primary N) is 3. The first-order chi connectivity index (χ1) is 34.3. The number of hydrogen-bond donors (Lipinski definition) is 18. The number of carbonyl (C=O) groups excluding carboxylic acids is 10. The van der Waals surface area contributed by atoms with E-state index in [0.29, 0.717) is 18.5 Å². The van der Waals surface area contributed by atoms with Gasteiger partial charge in [-0.3, -0.25) is 57.5 Å². The molecule has 1 aromatic heterocycles. The molecule has 0 radical (unpaired) electrons. The average Bonchev–Trinajstić information content (AvgIpc) is 3.84. The third-order valence-electron chi connectivity index (χ3n) is 10.1. The highest BCUT2D eigenvalue weighted by atomic mass is 32.1. The zero-order valence-corrected chi connectivity index (χ0v) is 41.8. The van der Waals surface area contributed by atoms with Gasteiger partial charge in [0, 0.05) is 36.2 Å². The number of rotatable bonds is 36. The highest BCUT2D eigenvalue weighted by molar-refractivity contribution is 7.80. The number of aromatic amines is 1. The van der Waals surface area contributed by atoms with Crippen molar-refractivity contribution in [3.8, 4) is 0 Å². The van der Waals surface area contributed by atoms with E-state index in [-0.39, 0.29) is 43.2 Å². The fourth-order valence-corrected chi connectivity index (χ4v) is 6.94. The second-order valence-corrected chi connectivity index (χ2v) is 17.4. The Hall–Kier alpha value is -7.06. The van der Waals surface area contributed by atoms with Gasteiger partial charge in [-0.25, -0.2) is 9.78 Å². The smallest absolute Gasteiger partial charge is 0.326 e. The number of hydrogen-bond acceptors (Lipinski definition) is 18. The van der Waals surface area contributed by atoms with Crippen LogP contribution in [0.4, 0.5) is 0 Å². The molecule has 408 valence electrons. The topological polar surface area (TPSA) is 498 Å². The van der Waals surface area contributed by atoms with E-state index in [2.05, 4.69) is 83.1 Å². The average molecular weight is 1080 g/mol. The van der Waals surface area contributed by atoms with Crippen molar-refractivity contribution in [1.82, 2.24) is 57.8 Å². The summed E-state index contributed by atoms with van der Waals surface area (Å²) in [6, 6.07) is -12.7. The van der Waals surface area contributed by atoms with E-state index in [9.17, 15) is 77.6 Å². The summed E-state index contributed by atoms with van der Waals surface area (Å²) >= 11 is 7.99. The number of imidazole rings is 1. The number of unbranched alkanes of at least 4 members (excludes halogenated alkanes) is 1. The summed E-state index contributed by atoms with van der Waals surface area (Å²) in [7, 11) is 0. The molecular weight excluding hydrogens is 1010 g/mol. The van der Waals surface area contributed by atoms with Gasteiger partial charge in [0.05, 0.1) is 32.3 Å². The number of carboxylic acids is 3. The third-order valence-corrected chi connectivity index (χ3v) is 10.9. The molecule has 73 heavy (non-hydrogen) atoms. The van der Waals surface area contributed by atoms with Gasteiger partial charge in [0.25, 0.3) is 0 Å². The molecule has 0 saturated carbocycles. The highest BCUT2D eigenvalue weighted by Crippen LogP contribution is 2.10. The summed E-state index contributed by atoms with van der Waals surface area (Å²) in [4.78, 5) is 173. The fraction of sp³-hybridized carbons (Fsp3) is 0.610. The number of carboxylic acid groups (broad SMARTS) is 3. The molecule has 1 aromatic rings. The lowest BCUT2D eigenvalue weighted by atomic mass is 10.0. The van der Waals surface area contributed by atoms with Crippen LogP contribution in [0.5, 0.6) is 0 Å². The maximum absolute atomic E-state index is 13.9. The predicted octanol–water partition coefficient (Wildman–Crippen LogP) is -6.76. The first-order valence-electron chi connectivity index (χ1n) is 22.6. The number of thiol groups is 2. The van der Waals surface area contributed by atoms with Crippen LogP contribution in [0.15, 0.2) is 12.5 Å². The van der Waals surface area contributed by atoms with E-state index in [1.165, 1.54) is 12.5 Å². The van der Waals surface area contributed by atoms with E-state index in [0.717, 1.165) is 0 Å². The summed E-state index contributed by atoms with van der Waals surface area (Å²) in [5, 5.41) is 49.1. The van der Waals surface area contributed by atoms with Crippen LogP contribution < -0.4 is 65.1 Å². The van der Waals surface area contributed by atoms with Gasteiger partial charge in [0.15, 0.2) is 0 Å². The zero-order valence-electron chi connectivity index (χ0n) is 40.0. The van der Waals surface area contributed by atoms with Gasteiger partial charge < -0.3 is 85.4 Å². The maximum atomic E-state index is 13.9. The molecule has 19 N–H and O–H groups in total. The Morgan fingerprint density at radius 2 is 1.08 bits per heavy atom. The molecule has 32 heteroatoms. The van der Waals surface area contributed by atoms with Crippen LogP contribution in [-0.2, 0) is 68.7 Å². The minimum absolute atomic E-state index is 0.0194. The van der Waals surface area contributed by atoms with Gasteiger partial charge in [-0.1, -0.05) is 13.8 Å². The van der Waals surface area contributed by atoms with Gasteiger partial charge in [-0.05, 0) is 44.6 Å². The van der Waals surface area contributed by atoms with E-state index in [4.69, 9.17) is 17.2 Å². The molecule has 0 aliphatic heterocycles. The minimum atomic E-state index is -1.99. The summed E-state index contributed by atoms with van der Waals surface area (Å²) < 4.78 is 0. The fourth-order valence-electron chi connectivity index (χ4n) is 6.42. The maximum Gasteiger partial charge on any atom is 0.326 e. The quantitative estimate of drug-likeness (QED) is 0.0219. The van der Waals surface area contributed by atoms with Crippen LogP contribution in [0.25, 0.3) is 0 Å². The number of primary amides is 1. The van der Waals surface area contributed by atoms with Gasteiger partial charge in [-0.15, -0.1) is 0 Å². The second kappa shape index (κ2) is 33.6. The molecule has 0 aliphatic rings. The molecule has 0 bridgehead atoms. The molecule has 10 amide bonds. The Kier molecular flexibility index (Phi) is 29.4. The Bertz CT molecular complexity index is 2100. The monoisotopic (exact) mass is 1070 g/mol. The minimum Gasteiger partial charge on any atom is -0.481 e. The Labute approximate surface area is 428 Å². The third kappa shape index (κ3) is 25.2. The lowest BCUT2D eigenvalue weighted by Gasteiger charge is -2.27. The van der Waals surface area contributed by atoms with Gasteiger partial charge in [0.1, 0.15) is 48.3 Å². The van der Waals surface area contributed by atoms with Crippen LogP contribution >= 0.6 is 25.3 Å². The molecular formula is C41H66N14O16S2. The van der Waals surface area contributed by atoms with Gasteiger partial charge in [-0.2, -0.15) is 25.3 Å². The Morgan fingerprint density at radius 1 is 0.589 bits per heavy atom. The number of nitrogens with one attached hydrogen (secondary N) is 10. The second-order valence-electron chi connectivity index (χ2n) is 16.6. The number of aromatic nitrogens is 2. The number of amides is 10. The molecule has 1 heterocycles. The molecule has 8 atom stereocenters. The molecule has 1 rings (SSSR count). The predicted molar refractivity (Wildman–Crippen MR) is 260 cm³/mol. The lowest BCUT2D eigenvalue weighted by molar-refractivity contribution is -0.142. The Balaban J connectivity index is 3.34. The summed E-state index contributed by atoms with van der Waals surface area (Å²) in [5.41, 5.74) is 16.5. The van der Waals surface area contributed by atoms with Crippen LogP contribution in [0.2, 0.25) is 0 Å². The van der Waals surface area contributed by atoms with E-state index < -0.39 is 164 Å². The number of carbonyl (C=O) groups is 13. The van der Waals surface area contributed by atoms with Crippen molar-refractivity contribution < 1.29 is 77.6 Å². The molecule has 0 aromatic carbocycles. The number of aliphatic carboxylic acids is 3. The lowest BCUT2D eigenvalue weighted by Crippen LogP contribution is -2.60. The first kappa shape index (κ1) is 64.0.